The minimum atomic E-state index is -0.828. The number of rotatable bonds is 3. The summed E-state index contributed by atoms with van der Waals surface area (Å²) in [6.45, 7) is 1.69. The number of aromatic nitrogens is 1. The summed E-state index contributed by atoms with van der Waals surface area (Å²) < 4.78 is 13.7. The molecule has 1 unspecified atom stereocenters. The summed E-state index contributed by atoms with van der Waals surface area (Å²) in [7, 11) is 0. The van der Waals surface area contributed by atoms with Crippen molar-refractivity contribution in [3.8, 4) is 0 Å². The monoisotopic (exact) mass is 237 g/mol. The molecule has 0 saturated heterocycles. The standard InChI is InChI=1S/C12H12FNOS/c1-8-3-2-4-9(12(8)13)10(15)7-11-14-5-6-16-11/h2-6,10,15H,7H2,1H3. The highest BCUT2D eigenvalue weighted by Gasteiger charge is 2.15. The molecule has 1 heterocycles. The number of hydrogen-bond donors (Lipinski definition) is 1. The molecule has 4 heteroatoms. The van der Waals surface area contributed by atoms with Gasteiger partial charge >= 0.3 is 0 Å². The largest absolute Gasteiger partial charge is 0.388 e. The van der Waals surface area contributed by atoms with Crippen molar-refractivity contribution in [2.24, 2.45) is 0 Å². The maximum atomic E-state index is 13.7. The third kappa shape index (κ3) is 2.28. The van der Waals surface area contributed by atoms with Crippen LogP contribution in [0.3, 0.4) is 0 Å². The third-order valence-electron chi connectivity index (χ3n) is 2.43. The smallest absolute Gasteiger partial charge is 0.131 e. The maximum Gasteiger partial charge on any atom is 0.131 e. The molecule has 0 amide bonds. The topological polar surface area (TPSA) is 33.1 Å². The summed E-state index contributed by atoms with van der Waals surface area (Å²) in [5, 5.41) is 12.6. The number of hydrogen-bond acceptors (Lipinski definition) is 3. The highest BCUT2D eigenvalue weighted by Crippen LogP contribution is 2.23. The van der Waals surface area contributed by atoms with E-state index in [9.17, 15) is 9.50 Å². The van der Waals surface area contributed by atoms with Crippen molar-refractivity contribution < 1.29 is 9.50 Å². The molecular weight excluding hydrogens is 225 g/mol. The minimum Gasteiger partial charge on any atom is -0.388 e. The first kappa shape index (κ1) is 11.2. The van der Waals surface area contributed by atoms with E-state index in [0.717, 1.165) is 5.01 Å². The van der Waals surface area contributed by atoms with Crippen molar-refractivity contribution in [3.63, 3.8) is 0 Å². The van der Waals surface area contributed by atoms with Gasteiger partial charge in [0.1, 0.15) is 5.82 Å². The molecule has 2 aromatic rings. The average Bonchev–Trinajstić information content (AvgIpc) is 2.74. The summed E-state index contributed by atoms with van der Waals surface area (Å²) in [6.07, 6.45) is 1.21. The average molecular weight is 237 g/mol. The normalized spacial score (nSPS) is 12.7. The van der Waals surface area contributed by atoms with Crippen LogP contribution in [0.4, 0.5) is 4.39 Å². The molecule has 1 aromatic carbocycles. The number of thiazole rings is 1. The Bertz CT molecular complexity index is 470. The van der Waals surface area contributed by atoms with E-state index in [1.807, 2.05) is 5.38 Å². The summed E-state index contributed by atoms with van der Waals surface area (Å²) >= 11 is 1.46. The number of benzene rings is 1. The molecule has 0 spiro atoms. The molecular formula is C12H12FNOS. The van der Waals surface area contributed by atoms with Gasteiger partial charge in [0.05, 0.1) is 11.1 Å². The minimum absolute atomic E-state index is 0.327. The van der Waals surface area contributed by atoms with E-state index in [0.29, 0.717) is 17.5 Å². The van der Waals surface area contributed by atoms with Crippen LogP contribution in [0.25, 0.3) is 0 Å². The molecule has 0 aliphatic heterocycles. The lowest BCUT2D eigenvalue weighted by Gasteiger charge is -2.11. The molecule has 0 aliphatic carbocycles. The predicted octanol–water partition coefficient (Wildman–Crippen LogP) is 2.87. The van der Waals surface area contributed by atoms with Crippen molar-refractivity contribution in [1.82, 2.24) is 4.98 Å². The van der Waals surface area contributed by atoms with Crippen molar-refractivity contribution in [1.29, 1.82) is 0 Å². The van der Waals surface area contributed by atoms with Gasteiger partial charge in [-0.05, 0) is 12.5 Å². The lowest BCUT2D eigenvalue weighted by molar-refractivity contribution is 0.173. The van der Waals surface area contributed by atoms with Crippen LogP contribution < -0.4 is 0 Å². The Balaban J connectivity index is 2.21. The van der Waals surface area contributed by atoms with Crippen molar-refractivity contribution in [2.45, 2.75) is 19.4 Å². The van der Waals surface area contributed by atoms with Gasteiger partial charge in [-0.1, -0.05) is 18.2 Å². The first-order valence-electron chi connectivity index (χ1n) is 5.00. The van der Waals surface area contributed by atoms with E-state index in [1.165, 1.54) is 11.3 Å². The summed E-state index contributed by atoms with van der Waals surface area (Å²) in [5.74, 6) is -0.327. The van der Waals surface area contributed by atoms with Crippen molar-refractivity contribution >= 4 is 11.3 Å². The van der Waals surface area contributed by atoms with Crippen LogP contribution >= 0.6 is 11.3 Å². The van der Waals surface area contributed by atoms with Crippen LogP contribution in [0.15, 0.2) is 29.8 Å². The summed E-state index contributed by atoms with van der Waals surface area (Å²) in [4.78, 5) is 4.07. The van der Waals surface area contributed by atoms with Crippen LogP contribution in [-0.4, -0.2) is 10.1 Å². The maximum absolute atomic E-state index is 13.7. The fraction of sp³-hybridized carbons (Fsp3) is 0.250. The van der Waals surface area contributed by atoms with E-state index in [2.05, 4.69) is 4.98 Å². The molecule has 2 rings (SSSR count). The zero-order chi connectivity index (χ0) is 11.5. The molecule has 0 aliphatic rings. The number of aliphatic hydroxyl groups excluding tert-OH is 1. The SMILES string of the molecule is Cc1cccc(C(O)Cc2nccs2)c1F. The lowest BCUT2D eigenvalue weighted by Crippen LogP contribution is -2.05. The quantitative estimate of drug-likeness (QED) is 0.890. The van der Waals surface area contributed by atoms with Gasteiger partial charge in [-0.15, -0.1) is 11.3 Å². The second kappa shape index (κ2) is 4.72. The van der Waals surface area contributed by atoms with Crippen LogP contribution in [0.1, 0.15) is 22.2 Å². The van der Waals surface area contributed by atoms with E-state index in [1.54, 1.807) is 31.3 Å². The van der Waals surface area contributed by atoms with Crippen molar-refractivity contribution in [2.75, 3.05) is 0 Å². The fourth-order valence-corrected chi connectivity index (χ4v) is 2.21. The van der Waals surface area contributed by atoms with Gasteiger partial charge in [0.15, 0.2) is 0 Å². The van der Waals surface area contributed by atoms with Gasteiger partial charge in [-0.3, -0.25) is 0 Å². The van der Waals surface area contributed by atoms with Gasteiger partial charge in [0.2, 0.25) is 0 Å². The van der Waals surface area contributed by atoms with Gasteiger partial charge in [-0.25, -0.2) is 9.37 Å². The number of aryl methyl sites for hydroxylation is 1. The molecule has 2 nitrogen and oxygen atoms in total. The molecule has 1 N–H and O–H groups in total. The van der Waals surface area contributed by atoms with Crippen LogP contribution in [0.5, 0.6) is 0 Å². The van der Waals surface area contributed by atoms with Crippen LogP contribution in [-0.2, 0) is 6.42 Å². The Morgan fingerprint density at radius 3 is 3.00 bits per heavy atom. The van der Waals surface area contributed by atoms with E-state index in [-0.39, 0.29) is 5.82 Å². The zero-order valence-corrected chi connectivity index (χ0v) is 9.67. The molecule has 0 radical (unpaired) electrons. The Morgan fingerprint density at radius 1 is 1.50 bits per heavy atom. The Labute approximate surface area is 97.4 Å². The molecule has 0 bridgehead atoms. The first-order chi connectivity index (χ1) is 7.68. The highest BCUT2D eigenvalue weighted by atomic mass is 32.1. The van der Waals surface area contributed by atoms with E-state index in [4.69, 9.17) is 0 Å². The fourth-order valence-electron chi connectivity index (χ4n) is 1.56. The van der Waals surface area contributed by atoms with Gasteiger partial charge in [0.25, 0.3) is 0 Å². The number of aliphatic hydroxyl groups is 1. The zero-order valence-electron chi connectivity index (χ0n) is 8.85. The van der Waals surface area contributed by atoms with Crippen LogP contribution in [0, 0.1) is 12.7 Å². The van der Waals surface area contributed by atoms with Crippen LogP contribution in [0.2, 0.25) is 0 Å². The number of nitrogens with zero attached hydrogens (tertiary/aromatic N) is 1. The van der Waals surface area contributed by atoms with Gasteiger partial charge in [-0.2, -0.15) is 0 Å². The molecule has 84 valence electrons. The second-order valence-electron chi connectivity index (χ2n) is 3.62. The Morgan fingerprint density at radius 2 is 2.31 bits per heavy atom. The molecule has 0 saturated carbocycles. The third-order valence-corrected chi connectivity index (χ3v) is 3.23. The Kier molecular flexibility index (Phi) is 3.31. The summed E-state index contributed by atoms with van der Waals surface area (Å²) in [5.41, 5.74) is 0.894. The predicted molar refractivity (Wildman–Crippen MR) is 61.9 cm³/mol. The Hall–Kier alpha value is -1.26. The highest BCUT2D eigenvalue weighted by molar-refractivity contribution is 7.09. The lowest BCUT2D eigenvalue weighted by atomic mass is 10.0. The molecule has 0 fully saturated rings. The summed E-state index contributed by atoms with van der Waals surface area (Å²) in [6, 6.07) is 5.05. The first-order valence-corrected chi connectivity index (χ1v) is 5.88. The van der Waals surface area contributed by atoms with Gasteiger partial charge < -0.3 is 5.11 Å². The molecule has 1 aromatic heterocycles. The molecule has 1 atom stereocenters. The van der Waals surface area contributed by atoms with E-state index < -0.39 is 6.10 Å². The van der Waals surface area contributed by atoms with Gasteiger partial charge in [0, 0.05) is 23.6 Å². The number of halogens is 1. The van der Waals surface area contributed by atoms with E-state index >= 15 is 0 Å². The molecule has 16 heavy (non-hydrogen) atoms. The second-order valence-corrected chi connectivity index (χ2v) is 4.60. The van der Waals surface area contributed by atoms with Crippen molar-refractivity contribution in [3.05, 3.63) is 51.7 Å².